The van der Waals surface area contributed by atoms with E-state index in [1.807, 2.05) is 26.0 Å². The lowest BCUT2D eigenvalue weighted by Gasteiger charge is -2.24. The van der Waals surface area contributed by atoms with Gasteiger partial charge in [-0.05, 0) is 56.5 Å². The predicted octanol–water partition coefficient (Wildman–Crippen LogP) is 4.81. The summed E-state index contributed by atoms with van der Waals surface area (Å²) in [5.74, 6) is 0.926. The first kappa shape index (κ1) is 18.8. The molecule has 1 fully saturated rings. The van der Waals surface area contributed by atoms with Gasteiger partial charge in [-0.15, -0.1) is 11.3 Å². The van der Waals surface area contributed by atoms with Gasteiger partial charge in [0.15, 0.2) is 10.8 Å². The monoisotopic (exact) mass is 400 g/mol. The fourth-order valence-corrected chi connectivity index (χ4v) is 4.33. The maximum absolute atomic E-state index is 13.3. The highest BCUT2D eigenvalue weighted by atomic mass is 32.1. The largest absolute Gasteiger partial charge is 0.459 e. The Labute approximate surface area is 166 Å². The zero-order chi connectivity index (χ0) is 19.7. The van der Waals surface area contributed by atoms with E-state index in [0.717, 1.165) is 24.2 Å². The van der Waals surface area contributed by atoms with Crippen molar-refractivity contribution in [3.05, 3.63) is 64.1 Å². The summed E-state index contributed by atoms with van der Waals surface area (Å²) in [6.45, 7) is 4.34. The minimum absolute atomic E-state index is 0.130. The molecule has 0 aliphatic carbocycles. The highest BCUT2D eigenvalue weighted by Gasteiger charge is 2.30. The Morgan fingerprint density at radius 1 is 1.25 bits per heavy atom. The van der Waals surface area contributed by atoms with E-state index < -0.39 is 0 Å². The topological polar surface area (TPSA) is 64.4 Å². The van der Waals surface area contributed by atoms with Crippen molar-refractivity contribution in [1.29, 1.82) is 0 Å². The number of nitrogens with zero attached hydrogens (tertiary/aromatic N) is 1. The van der Waals surface area contributed by atoms with Gasteiger partial charge in [0.1, 0.15) is 16.5 Å². The van der Waals surface area contributed by atoms with Gasteiger partial charge in [0.2, 0.25) is 0 Å². The Hall–Kier alpha value is -2.51. The van der Waals surface area contributed by atoms with Crippen LogP contribution in [-0.2, 0) is 4.74 Å². The predicted molar refractivity (Wildman–Crippen MR) is 105 cm³/mol. The van der Waals surface area contributed by atoms with Crippen LogP contribution in [0.4, 0.5) is 4.39 Å². The van der Waals surface area contributed by atoms with E-state index in [-0.39, 0.29) is 23.9 Å². The Morgan fingerprint density at radius 2 is 2.04 bits per heavy atom. The number of aromatic nitrogens is 1. The number of hydrogen-bond donors (Lipinski definition) is 1. The van der Waals surface area contributed by atoms with Crippen LogP contribution >= 0.6 is 11.3 Å². The average molecular weight is 400 g/mol. The number of ether oxygens (including phenoxy) is 1. The van der Waals surface area contributed by atoms with Crippen LogP contribution in [0, 0.1) is 19.7 Å². The molecule has 1 aliphatic heterocycles. The highest BCUT2D eigenvalue weighted by Crippen LogP contribution is 2.31. The quantitative estimate of drug-likeness (QED) is 0.668. The molecule has 1 N–H and O–H groups in total. The summed E-state index contributed by atoms with van der Waals surface area (Å²) in [6, 6.07) is 9.57. The van der Waals surface area contributed by atoms with Crippen LogP contribution in [0.15, 0.2) is 40.8 Å². The molecule has 0 bridgehead atoms. The molecular weight excluding hydrogens is 379 g/mol. The van der Waals surface area contributed by atoms with Crippen LogP contribution in [0.5, 0.6) is 0 Å². The number of halogens is 1. The van der Waals surface area contributed by atoms with Gasteiger partial charge in [-0.25, -0.2) is 9.37 Å². The smallest absolute Gasteiger partial charge is 0.263 e. The minimum atomic E-state index is -0.341. The fourth-order valence-electron chi connectivity index (χ4n) is 3.40. The van der Waals surface area contributed by atoms with E-state index in [1.54, 1.807) is 12.1 Å². The highest BCUT2D eigenvalue weighted by molar-refractivity contribution is 7.17. The molecule has 4 rings (SSSR count). The molecule has 1 aromatic carbocycles. The van der Waals surface area contributed by atoms with E-state index in [9.17, 15) is 9.18 Å². The van der Waals surface area contributed by atoms with Crippen LogP contribution in [0.1, 0.15) is 45.6 Å². The van der Waals surface area contributed by atoms with Crippen molar-refractivity contribution in [2.24, 2.45) is 0 Å². The first-order chi connectivity index (χ1) is 13.5. The number of nitrogens with one attached hydrogen (secondary N) is 1. The molecule has 28 heavy (non-hydrogen) atoms. The number of thiazole rings is 1. The molecule has 5 nitrogen and oxygen atoms in total. The van der Waals surface area contributed by atoms with Crippen LogP contribution in [0.3, 0.4) is 0 Å². The number of hydrogen-bond acceptors (Lipinski definition) is 5. The van der Waals surface area contributed by atoms with Gasteiger partial charge in [0.25, 0.3) is 5.91 Å². The van der Waals surface area contributed by atoms with Crippen molar-refractivity contribution in [3.8, 4) is 10.8 Å². The number of carbonyl (C=O) groups is 1. The number of benzene rings is 1. The zero-order valence-corrected chi connectivity index (χ0v) is 16.5. The molecule has 0 saturated carbocycles. The second kappa shape index (κ2) is 7.85. The molecule has 0 radical (unpaired) electrons. The molecule has 7 heteroatoms. The van der Waals surface area contributed by atoms with Gasteiger partial charge in [0, 0.05) is 6.61 Å². The minimum Gasteiger partial charge on any atom is -0.459 e. The van der Waals surface area contributed by atoms with E-state index in [4.69, 9.17) is 9.15 Å². The lowest BCUT2D eigenvalue weighted by molar-refractivity contribution is 0.0674. The van der Waals surface area contributed by atoms with Gasteiger partial charge in [-0.1, -0.05) is 12.1 Å². The fraction of sp³-hybridized carbons (Fsp3) is 0.333. The van der Waals surface area contributed by atoms with Crippen molar-refractivity contribution in [1.82, 2.24) is 10.3 Å². The van der Waals surface area contributed by atoms with E-state index >= 15 is 0 Å². The first-order valence-corrected chi connectivity index (χ1v) is 10.0. The summed E-state index contributed by atoms with van der Waals surface area (Å²) in [5.41, 5.74) is 1.47. The van der Waals surface area contributed by atoms with Crippen LogP contribution in [-0.4, -0.2) is 23.6 Å². The third-order valence-corrected chi connectivity index (χ3v) is 5.98. The molecule has 1 saturated heterocycles. The Morgan fingerprint density at radius 3 is 2.68 bits per heavy atom. The Bertz CT molecular complexity index is 974. The van der Waals surface area contributed by atoms with Gasteiger partial charge in [-0.3, -0.25) is 4.79 Å². The van der Waals surface area contributed by atoms with Crippen molar-refractivity contribution < 1.29 is 18.3 Å². The average Bonchev–Trinajstić information content (AvgIpc) is 3.41. The Kier molecular flexibility index (Phi) is 5.28. The summed E-state index contributed by atoms with van der Waals surface area (Å²) < 4.78 is 24.8. The van der Waals surface area contributed by atoms with E-state index in [2.05, 4.69) is 10.3 Å². The lowest BCUT2D eigenvalue weighted by atomic mass is 9.99. The molecule has 1 aliphatic rings. The van der Waals surface area contributed by atoms with Gasteiger partial charge in [0.05, 0.1) is 17.8 Å². The summed E-state index contributed by atoms with van der Waals surface area (Å²) in [4.78, 5) is 18.0. The molecule has 0 spiro atoms. The summed E-state index contributed by atoms with van der Waals surface area (Å²) in [7, 11) is 0. The summed E-state index contributed by atoms with van der Waals surface area (Å²) in [6.07, 6.45) is 1.66. The molecule has 3 heterocycles. The van der Waals surface area contributed by atoms with Crippen LogP contribution in [0.2, 0.25) is 0 Å². The van der Waals surface area contributed by atoms with Crippen molar-refractivity contribution in [2.75, 3.05) is 6.61 Å². The third kappa shape index (κ3) is 3.86. The number of carbonyl (C=O) groups excluding carboxylic acids is 1. The molecule has 2 atom stereocenters. The van der Waals surface area contributed by atoms with Gasteiger partial charge >= 0.3 is 0 Å². The van der Waals surface area contributed by atoms with Crippen LogP contribution in [0.25, 0.3) is 10.8 Å². The molecule has 1 amide bonds. The van der Waals surface area contributed by atoms with Gasteiger partial charge < -0.3 is 14.5 Å². The number of aryl methyl sites for hydroxylation is 2. The second-order valence-electron chi connectivity index (χ2n) is 6.90. The third-order valence-electron chi connectivity index (χ3n) is 4.81. The molecule has 3 aromatic rings. The lowest BCUT2D eigenvalue weighted by Crippen LogP contribution is -2.36. The second-order valence-corrected chi connectivity index (χ2v) is 7.90. The van der Waals surface area contributed by atoms with E-state index in [1.165, 1.54) is 23.5 Å². The first-order valence-electron chi connectivity index (χ1n) is 9.23. The molecule has 146 valence electrons. The van der Waals surface area contributed by atoms with Gasteiger partial charge in [-0.2, -0.15) is 0 Å². The molecular formula is C21H21FN2O3S. The number of furan rings is 1. The maximum atomic E-state index is 13.3. The zero-order valence-electron chi connectivity index (χ0n) is 15.7. The van der Waals surface area contributed by atoms with Crippen LogP contribution < -0.4 is 5.32 Å². The standard InChI is InChI=1S/C21H21FN2O3S/c1-12-5-10-17(27-12)21-23-13(2)19(28-21)20(25)24-18(16-4-3-11-26-16)14-6-8-15(22)9-7-14/h5-10,16,18H,3-4,11H2,1-2H3,(H,24,25)/t16-,18+/m0/s1. The number of amides is 1. The molecule has 0 unspecified atom stereocenters. The summed E-state index contributed by atoms with van der Waals surface area (Å²) in [5, 5.41) is 3.75. The summed E-state index contributed by atoms with van der Waals surface area (Å²) >= 11 is 1.30. The molecule has 2 aromatic heterocycles. The van der Waals surface area contributed by atoms with Crippen molar-refractivity contribution in [3.63, 3.8) is 0 Å². The SMILES string of the molecule is Cc1ccc(-c2nc(C)c(C(=O)N[C@H](c3ccc(F)cc3)[C@@H]3CCCO3)s2)o1. The number of rotatable bonds is 5. The van der Waals surface area contributed by atoms with E-state index in [0.29, 0.717) is 27.9 Å². The normalized spacial score (nSPS) is 17.6. The van der Waals surface area contributed by atoms with Crippen molar-refractivity contribution in [2.45, 2.75) is 38.8 Å². The Balaban J connectivity index is 1.59. The van der Waals surface area contributed by atoms with Crippen molar-refractivity contribution >= 4 is 17.2 Å². The maximum Gasteiger partial charge on any atom is 0.263 e.